The molecule has 0 unspecified atom stereocenters. The van der Waals surface area contributed by atoms with E-state index >= 15 is 0 Å². The molecule has 0 saturated heterocycles. The molecule has 0 aromatic carbocycles. The lowest BCUT2D eigenvalue weighted by Gasteiger charge is -2.08. The molecular formula is C8H13Cl2N3. The van der Waals surface area contributed by atoms with E-state index < -0.39 is 0 Å². The van der Waals surface area contributed by atoms with Crippen molar-refractivity contribution < 1.29 is 0 Å². The van der Waals surface area contributed by atoms with Crippen LogP contribution >= 0.6 is 23.2 Å². The lowest BCUT2D eigenvalue weighted by Crippen LogP contribution is -2.23. The van der Waals surface area contributed by atoms with Crippen LogP contribution in [-0.2, 0) is 13.6 Å². The first-order valence-electron chi connectivity index (χ1n) is 4.12. The van der Waals surface area contributed by atoms with Gasteiger partial charge >= 0.3 is 0 Å². The van der Waals surface area contributed by atoms with Gasteiger partial charge in [0.05, 0.1) is 5.69 Å². The maximum Gasteiger partial charge on any atom is 0.204 e. The summed E-state index contributed by atoms with van der Waals surface area (Å²) < 4.78 is 1.78. The Morgan fingerprint density at radius 2 is 2.08 bits per heavy atom. The van der Waals surface area contributed by atoms with Crippen molar-refractivity contribution in [2.75, 3.05) is 0 Å². The Kier molecular flexibility index (Phi) is 3.59. The van der Waals surface area contributed by atoms with Gasteiger partial charge in [-0.2, -0.15) is 0 Å². The Morgan fingerprint density at radius 3 is 2.46 bits per heavy atom. The van der Waals surface area contributed by atoms with E-state index in [0.29, 0.717) is 23.0 Å². The number of nitrogens with zero attached hydrogens (tertiary/aromatic N) is 2. The number of halogens is 2. The van der Waals surface area contributed by atoms with Crippen molar-refractivity contribution in [3.05, 3.63) is 16.1 Å². The fourth-order valence-electron chi connectivity index (χ4n) is 0.963. The van der Waals surface area contributed by atoms with Gasteiger partial charge in [0.1, 0.15) is 0 Å². The molecule has 0 fully saturated rings. The summed E-state index contributed by atoms with van der Waals surface area (Å²) in [5.74, 6) is 0. The number of nitrogens with one attached hydrogen (secondary N) is 1. The van der Waals surface area contributed by atoms with Crippen LogP contribution in [-0.4, -0.2) is 15.6 Å². The summed E-state index contributed by atoms with van der Waals surface area (Å²) in [7, 11) is 1.85. The van der Waals surface area contributed by atoms with E-state index in [1.165, 1.54) is 0 Å². The Bertz CT molecular complexity index is 294. The fraction of sp³-hybridized carbons (Fsp3) is 0.625. The molecule has 0 saturated carbocycles. The van der Waals surface area contributed by atoms with E-state index in [-0.39, 0.29) is 0 Å². The highest BCUT2D eigenvalue weighted by Crippen LogP contribution is 2.18. The molecule has 5 heteroatoms. The van der Waals surface area contributed by atoms with Gasteiger partial charge in [-0.25, -0.2) is 4.98 Å². The van der Waals surface area contributed by atoms with Crippen molar-refractivity contribution in [1.29, 1.82) is 0 Å². The van der Waals surface area contributed by atoms with Crippen molar-refractivity contribution in [2.45, 2.75) is 26.4 Å². The molecule has 0 bridgehead atoms. The normalized spacial score (nSPS) is 11.2. The standard InChI is InChI=1S/C8H13Cl2N3/c1-5(2)11-4-6-7(9)12-8(10)13(6)3/h5,11H,4H2,1-3H3. The second kappa shape index (κ2) is 4.31. The summed E-state index contributed by atoms with van der Waals surface area (Å²) in [6, 6.07) is 0.421. The highest BCUT2D eigenvalue weighted by atomic mass is 35.5. The third-order valence-corrected chi connectivity index (χ3v) is 2.43. The summed E-state index contributed by atoms with van der Waals surface area (Å²) in [4.78, 5) is 3.94. The first-order valence-corrected chi connectivity index (χ1v) is 4.88. The van der Waals surface area contributed by atoms with Gasteiger partial charge in [-0.05, 0) is 11.6 Å². The second-order valence-corrected chi connectivity index (χ2v) is 3.91. The molecule has 1 aromatic rings. The number of aromatic nitrogens is 2. The number of hydrogen-bond donors (Lipinski definition) is 1. The van der Waals surface area contributed by atoms with Gasteiger partial charge in [0.25, 0.3) is 0 Å². The van der Waals surface area contributed by atoms with Gasteiger partial charge in [0.2, 0.25) is 5.28 Å². The van der Waals surface area contributed by atoms with Crippen LogP contribution in [0.25, 0.3) is 0 Å². The molecule has 0 radical (unpaired) electrons. The molecule has 1 rings (SSSR count). The average Bonchev–Trinajstić information content (AvgIpc) is 2.24. The Balaban J connectivity index is 2.76. The van der Waals surface area contributed by atoms with Crippen LogP contribution in [0.2, 0.25) is 10.4 Å². The minimum Gasteiger partial charge on any atom is -0.319 e. The highest BCUT2D eigenvalue weighted by molar-refractivity contribution is 6.32. The fourth-order valence-corrected chi connectivity index (χ4v) is 1.47. The van der Waals surface area contributed by atoms with Crippen molar-refractivity contribution in [3.8, 4) is 0 Å². The molecular weight excluding hydrogens is 209 g/mol. The summed E-state index contributed by atoms with van der Waals surface area (Å²) in [5.41, 5.74) is 0.917. The minimum absolute atomic E-state index is 0.421. The van der Waals surface area contributed by atoms with Gasteiger partial charge in [0, 0.05) is 19.6 Å². The summed E-state index contributed by atoms with van der Waals surface area (Å²) >= 11 is 11.7. The molecule has 0 aliphatic carbocycles. The topological polar surface area (TPSA) is 29.9 Å². The summed E-state index contributed by atoms with van der Waals surface area (Å²) in [5, 5.41) is 4.15. The van der Waals surface area contributed by atoms with E-state index in [9.17, 15) is 0 Å². The van der Waals surface area contributed by atoms with Crippen LogP contribution in [0, 0.1) is 0 Å². The Hall–Kier alpha value is -0.250. The van der Waals surface area contributed by atoms with Gasteiger partial charge in [-0.15, -0.1) is 0 Å². The third-order valence-electron chi connectivity index (χ3n) is 1.79. The second-order valence-electron chi connectivity index (χ2n) is 3.21. The average molecular weight is 222 g/mol. The third kappa shape index (κ3) is 2.59. The van der Waals surface area contributed by atoms with Crippen LogP contribution in [0.1, 0.15) is 19.5 Å². The van der Waals surface area contributed by atoms with E-state index in [4.69, 9.17) is 23.2 Å². The van der Waals surface area contributed by atoms with E-state index in [1.54, 1.807) is 4.57 Å². The Morgan fingerprint density at radius 1 is 1.46 bits per heavy atom. The molecule has 1 N–H and O–H groups in total. The summed E-state index contributed by atoms with van der Waals surface area (Å²) in [6.45, 7) is 4.84. The quantitative estimate of drug-likeness (QED) is 0.849. The molecule has 1 heterocycles. The van der Waals surface area contributed by atoms with Crippen molar-refractivity contribution in [1.82, 2.24) is 14.9 Å². The van der Waals surface area contributed by atoms with Crippen molar-refractivity contribution >= 4 is 23.2 Å². The SMILES string of the molecule is CC(C)NCc1c(Cl)nc(Cl)n1C. The number of imidazole rings is 1. The first-order chi connectivity index (χ1) is 6.02. The zero-order valence-electron chi connectivity index (χ0n) is 7.93. The van der Waals surface area contributed by atoms with Gasteiger partial charge < -0.3 is 9.88 Å². The molecule has 0 atom stereocenters. The summed E-state index contributed by atoms with van der Waals surface area (Å²) in [6.07, 6.45) is 0. The van der Waals surface area contributed by atoms with Crippen molar-refractivity contribution in [2.24, 2.45) is 7.05 Å². The molecule has 0 aliphatic rings. The van der Waals surface area contributed by atoms with E-state index in [1.807, 2.05) is 7.05 Å². The van der Waals surface area contributed by atoms with Crippen LogP contribution in [0.3, 0.4) is 0 Å². The predicted molar refractivity (Wildman–Crippen MR) is 55.2 cm³/mol. The van der Waals surface area contributed by atoms with Gasteiger partial charge in [0.15, 0.2) is 5.15 Å². The molecule has 74 valence electrons. The molecule has 1 aromatic heterocycles. The zero-order chi connectivity index (χ0) is 10.0. The molecule has 13 heavy (non-hydrogen) atoms. The molecule has 0 aliphatic heterocycles. The lowest BCUT2D eigenvalue weighted by molar-refractivity contribution is 0.571. The van der Waals surface area contributed by atoms with Crippen molar-refractivity contribution in [3.63, 3.8) is 0 Å². The zero-order valence-corrected chi connectivity index (χ0v) is 9.45. The largest absolute Gasteiger partial charge is 0.319 e. The molecule has 3 nitrogen and oxygen atoms in total. The maximum absolute atomic E-state index is 5.88. The van der Waals surface area contributed by atoms with Gasteiger partial charge in [-0.1, -0.05) is 25.4 Å². The highest BCUT2D eigenvalue weighted by Gasteiger charge is 2.10. The lowest BCUT2D eigenvalue weighted by atomic mass is 10.3. The maximum atomic E-state index is 5.88. The van der Waals surface area contributed by atoms with E-state index in [2.05, 4.69) is 24.1 Å². The van der Waals surface area contributed by atoms with Crippen LogP contribution in [0.5, 0.6) is 0 Å². The monoisotopic (exact) mass is 221 g/mol. The number of hydrogen-bond acceptors (Lipinski definition) is 2. The van der Waals surface area contributed by atoms with Crippen LogP contribution in [0.4, 0.5) is 0 Å². The van der Waals surface area contributed by atoms with Crippen LogP contribution in [0.15, 0.2) is 0 Å². The number of rotatable bonds is 3. The molecule has 0 spiro atoms. The molecule has 0 amide bonds. The smallest absolute Gasteiger partial charge is 0.204 e. The minimum atomic E-state index is 0.421. The van der Waals surface area contributed by atoms with E-state index in [0.717, 1.165) is 5.69 Å². The Labute approximate surface area is 88.1 Å². The predicted octanol–water partition coefficient (Wildman–Crippen LogP) is 2.22. The van der Waals surface area contributed by atoms with Gasteiger partial charge in [-0.3, -0.25) is 0 Å². The van der Waals surface area contributed by atoms with Crippen LogP contribution < -0.4 is 5.32 Å². The first kappa shape index (κ1) is 10.8.